The maximum absolute atomic E-state index is 5.63. The molecule has 80 valence electrons. The molecule has 0 aromatic heterocycles. The van der Waals surface area contributed by atoms with Gasteiger partial charge in [-0.2, -0.15) is 0 Å². The molecule has 0 amide bonds. The van der Waals surface area contributed by atoms with Gasteiger partial charge in [-0.05, 0) is 48.9 Å². The molecule has 2 aliphatic rings. The first-order chi connectivity index (χ1) is 7.38. The Hall–Kier alpha value is -1.02. The SMILES string of the molecule is NCCc1cc2c3c(c1)CCN3CCC2. The lowest BCUT2D eigenvalue weighted by atomic mass is 9.96. The minimum absolute atomic E-state index is 0.766. The molecule has 0 saturated heterocycles. The van der Waals surface area contributed by atoms with Crippen LogP contribution < -0.4 is 10.6 Å². The molecule has 2 heteroatoms. The highest BCUT2D eigenvalue weighted by Crippen LogP contribution is 2.36. The standard InChI is InChI=1S/C13H18N2/c14-5-3-10-8-11-2-1-6-15-7-4-12(9-10)13(11)15/h8-9H,1-7,14H2. The summed E-state index contributed by atoms with van der Waals surface area (Å²) in [6.45, 7) is 3.26. The lowest BCUT2D eigenvalue weighted by Gasteiger charge is -2.27. The summed E-state index contributed by atoms with van der Waals surface area (Å²) >= 11 is 0. The van der Waals surface area contributed by atoms with Gasteiger partial charge in [-0.1, -0.05) is 12.1 Å². The number of rotatable bonds is 2. The molecule has 0 fully saturated rings. The smallest absolute Gasteiger partial charge is 0.0432 e. The lowest BCUT2D eigenvalue weighted by Crippen LogP contribution is -2.26. The zero-order valence-electron chi connectivity index (χ0n) is 9.13. The van der Waals surface area contributed by atoms with E-state index < -0.39 is 0 Å². The Labute approximate surface area is 91.1 Å². The van der Waals surface area contributed by atoms with Crippen LogP contribution in [-0.4, -0.2) is 19.6 Å². The summed E-state index contributed by atoms with van der Waals surface area (Å²) in [5, 5.41) is 0. The Bertz CT molecular complexity index is 384. The molecule has 2 N–H and O–H groups in total. The van der Waals surface area contributed by atoms with E-state index in [4.69, 9.17) is 5.73 Å². The molecule has 0 atom stereocenters. The van der Waals surface area contributed by atoms with Crippen LogP contribution in [-0.2, 0) is 19.3 Å². The van der Waals surface area contributed by atoms with Crippen LogP contribution in [0.4, 0.5) is 5.69 Å². The van der Waals surface area contributed by atoms with Gasteiger partial charge in [0.1, 0.15) is 0 Å². The number of hydrogen-bond acceptors (Lipinski definition) is 2. The first-order valence-corrected chi connectivity index (χ1v) is 5.98. The highest BCUT2D eigenvalue weighted by Gasteiger charge is 2.25. The quantitative estimate of drug-likeness (QED) is 0.787. The zero-order valence-corrected chi connectivity index (χ0v) is 9.13. The first kappa shape index (κ1) is 9.22. The Balaban J connectivity index is 2.06. The van der Waals surface area contributed by atoms with E-state index in [1.807, 2.05) is 0 Å². The fraction of sp³-hybridized carbons (Fsp3) is 0.538. The number of anilines is 1. The van der Waals surface area contributed by atoms with Crippen LogP contribution in [0.25, 0.3) is 0 Å². The second-order valence-corrected chi connectivity index (χ2v) is 4.64. The number of hydrogen-bond donors (Lipinski definition) is 1. The molecule has 0 saturated carbocycles. The van der Waals surface area contributed by atoms with Crippen molar-refractivity contribution >= 4 is 5.69 Å². The molecule has 0 radical (unpaired) electrons. The summed E-state index contributed by atoms with van der Waals surface area (Å²) in [5.74, 6) is 0. The van der Waals surface area contributed by atoms with E-state index in [1.54, 1.807) is 16.8 Å². The highest BCUT2D eigenvalue weighted by atomic mass is 15.2. The van der Waals surface area contributed by atoms with E-state index in [1.165, 1.54) is 37.9 Å². The summed E-state index contributed by atoms with van der Waals surface area (Å²) in [6, 6.07) is 4.75. The van der Waals surface area contributed by atoms with Crippen LogP contribution in [0.2, 0.25) is 0 Å². The fourth-order valence-corrected chi connectivity index (χ4v) is 2.98. The molecule has 0 bridgehead atoms. The molecule has 15 heavy (non-hydrogen) atoms. The van der Waals surface area contributed by atoms with Gasteiger partial charge >= 0.3 is 0 Å². The van der Waals surface area contributed by atoms with Crippen LogP contribution in [0.3, 0.4) is 0 Å². The average molecular weight is 202 g/mol. The zero-order chi connectivity index (χ0) is 10.3. The Morgan fingerprint density at radius 1 is 1.13 bits per heavy atom. The maximum atomic E-state index is 5.63. The first-order valence-electron chi connectivity index (χ1n) is 5.98. The topological polar surface area (TPSA) is 29.3 Å². The Morgan fingerprint density at radius 2 is 1.93 bits per heavy atom. The van der Waals surface area contributed by atoms with Gasteiger partial charge in [0.05, 0.1) is 0 Å². The van der Waals surface area contributed by atoms with E-state index in [0.717, 1.165) is 13.0 Å². The van der Waals surface area contributed by atoms with Crippen molar-refractivity contribution in [2.24, 2.45) is 5.73 Å². The molecular formula is C13H18N2. The fourth-order valence-electron chi connectivity index (χ4n) is 2.98. The molecule has 0 aliphatic carbocycles. The van der Waals surface area contributed by atoms with Crippen molar-refractivity contribution < 1.29 is 0 Å². The normalized spacial score (nSPS) is 18.1. The number of nitrogens with zero attached hydrogens (tertiary/aromatic N) is 1. The Morgan fingerprint density at radius 3 is 2.73 bits per heavy atom. The molecular weight excluding hydrogens is 184 g/mol. The second-order valence-electron chi connectivity index (χ2n) is 4.64. The predicted molar refractivity (Wildman–Crippen MR) is 63.4 cm³/mol. The van der Waals surface area contributed by atoms with Gasteiger partial charge in [0.15, 0.2) is 0 Å². The van der Waals surface area contributed by atoms with Crippen LogP contribution in [0.15, 0.2) is 12.1 Å². The van der Waals surface area contributed by atoms with E-state index in [9.17, 15) is 0 Å². The predicted octanol–water partition coefficient (Wildman–Crippen LogP) is 1.50. The van der Waals surface area contributed by atoms with Crippen molar-refractivity contribution in [1.82, 2.24) is 0 Å². The monoisotopic (exact) mass is 202 g/mol. The summed E-state index contributed by atoms with van der Waals surface area (Å²) in [7, 11) is 0. The third-order valence-electron chi connectivity index (χ3n) is 3.60. The number of benzene rings is 1. The number of aryl methyl sites for hydroxylation is 1. The molecule has 1 aromatic rings. The van der Waals surface area contributed by atoms with Crippen LogP contribution in [0, 0.1) is 0 Å². The minimum Gasteiger partial charge on any atom is -0.371 e. The van der Waals surface area contributed by atoms with Gasteiger partial charge in [0, 0.05) is 18.8 Å². The van der Waals surface area contributed by atoms with Gasteiger partial charge in [-0.15, -0.1) is 0 Å². The summed E-state index contributed by atoms with van der Waals surface area (Å²) in [4.78, 5) is 2.56. The van der Waals surface area contributed by atoms with Crippen molar-refractivity contribution in [2.45, 2.75) is 25.7 Å². The van der Waals surface area contributed by atoms with Gasteiger partial charge < -0.3 is 10.6 Å². The maximum Gasteiger partial charge on any atom is 0.0432 e. The molecule has 0 spiro atoms. The van der Waals surface area contributed by atoms with Gasteiger partial charge in [0.2, 0.25) is 0 Å². The molecule has 3 rings (SSSR count). The average Bonchev–Trinajstić information content (AvgIpc) is 2.64. The van der Waals surface area contributed by atoms with Crippen molar-refractivity contribution in [3.05, 3.63) is 28.8 Å². The van der Waals surface area contributed by atoms with Gasteiger partial charge in [-0.25, -0.2) is 0 Å². The molecule has 2 aliphatic heterocycles. The third kappa shape index (κ3) is 1.44. The Kier molecular flexibility index (Phi) is 2.17. The lowest BCUT2D eigenvalue weighted by molar-refractivity contribution is 0.718. The summed E-state index contributed by atoms with van der Waals surface area (Å²) in [6.07, 6.45) is 4.84. The van der Waals surface area contributed by atoms with Crippen LogP contribution in [0.1, 0.15) is 23.1 Å². The molecule has 2 nitrogen and oxygen atoms in total. The van der Waals surface area contributed by atoms with Gasteiger partial charge in [-0.3, -0.25) is 0 Å². The third-order valence-corrected chi connectivity index (χ3v) is 3.60. The molecule has 1 aromatic carbocycles. The largest absolute Gasteiger partial charge is 0.371 e. The second kappa shape index (κ2) is 3.53. The van der Waals surface area contributed by atoms with Crippen molar-refractivity contribution in [3.63, 3.8) is 0 Å². The van der Waals surface area contributed by atoms with E-state index >= 15 is 0 Å². The van der Waals surface area contributed by atoms with E-state index in [2.05, 4.69) is 17.0 Å². The van der Waals surface area contributed by atoms with Gasteiger partial charge in [0.25, 0.3) is 0 Å². The summed E-state index contributed by atoms with van der Waals surface area (Å²) in [5.41, 5.74) is 11.8. The van der Waals surface area contributed by atoms with E-state index in [-0.39, 0.29) is 0 Å². The van der Waals surface area contributed by atoms with Crippen molar-refractivity contribution in [1.29, 1.82) is 0 Å². The molecule has 2 heterocycles. The van der Waals surface area contributed by atoms with E-state index in [0.29, 0.717) is 0 Å². The van der Waals surface area contributed by atoms with Crippen molar-refractivity contribution in [2.75, 3.05) is 24.5 Å². The van der Waals surface area contributed by atoms with Crippen LogP contribution in [0.5, 0.6) is 0 Å². The van der Waals surface area contributed by atoms with Crippen molar-refractivity contribution in [3.8, 4) is 0 Å². The molecule has 0 unspecified atom stereocenters. The van der Waals surface area contributed by atoms with Crippen LogP contribution >= 0.6 is 0 Å². The summed E-state index contributed by atoms with van der Waals surface area (Å²) < 4.78 is 0. The highest BCUT2D eigenvalue weighted by molar-refractivity contribution is 5.65. The number of nitrogens with two attached hydrogens (primary N) is 1. The minimum atomic E-state index is 0.766.